The van der Waals surface area contributed by atoms with E-state index in [-0.39, 0.29) is 0 Å². The lowest BCUT2D eigenvalue weighted by atomic mass is 10.4. The number of hydrogen-bond donors (Lipinski definition) is 1. The van der Waals surface area contributed by atoms with Crippen LogP contribution in [0.2, 0.25) is 0 Å². The van der Waals surface area contributed by atoms with Crippen molar-refractivity contribution in [2.24, 2.45) is 0 Å². The molecule has 12 heavy (non-hydrogen) atoms. The molecular weight excluding hydrogens is 150 g/mol. The lowest BCUT2D eigenvalue weighted by Crippen LogP contribution is -2.50. The van der Waals surface area contributed by atoms with Crippen LogP contribution in [0.1, 0.15) is 6.42 Å². The van der Waals surface area contributed by atoms with E-state index in [0.717, 1.165) is 26.1 Å². The highest BCUT2D eigenvalue weighted by molar-refractivity contribution is 4.69. The summed E-state index contributed by atoms with van der Waals surface area (Å²) in [5.41, 5.74) is 3.38. The van der Waals surface area contributed by atoms with E-state index in [9.17, 15) is 0 Å². The van der Waals surface area contributed by atoms with E-state index in [0.29, 0.717) is 0 Å². The van der Waals surface area contributed by atoms with E-state index in [1.165, 1.54) is 13.1 Å². The minimum atomic E-state index is 1.02. The number of likely N-dealkylation sites (N-methyl/N-ethyl adjacent to an activating group) is 1. The highest BCUT2D eigenvalue weighted by atomic mass is 15.5. The second-order valence-electron chi connectivity index (χ2n) is 3.28. The maximum atomic E-state index is 3.69. The van der Waals surface area contributed by atoms with Crippen molar-refractivity contribution in [3.63, 3.8) is 0 Å². The van der Waals surface area contributed by atoms with E-state index in [1.807, 2.05) is 6.08 Å². The molecule has 1 rings (SSSR count). The number of nitrogens with zero attached hydrogens (tertiary/aromatic N) is 2. The first-order valence-electron chi connectivity index (χ1n) is 4.61. The van der Waals surface area contributed by atoms with Gasteiger partial charge in [-0.1, -0.05) is 6.08 Å². The van der Waals surface area contributed by atoms with Crippen molar-refractivity contribution >= 4 is 0 Å². The monoisotopic (exact) mass is 169 g/mol. The van der Waals surface area contributed by atoms with Gasteiger partial charge in [0.15, 0.2) is 0 Å². The Labute approximate surface area is 75.0 Å². The van der Waals surface area contributed by atoms with Gasteiger partial charge in [-0.15, -0.1) is 6.58 Å². The highest BCUT2D eigenvalue weighted by Gasteiger charge is 2.11. The molecule has 3 nitrogen and oxygen atoms in total. The van der Waals surface area contributed by atoms with Crippen LogP contribution in [0, 0.1) is 0 Å². The Balaban J connectivity index is 2.05. The van der Waals surface area contributed by atoms with Crippen molar-refractivity contribution in [1.82, 2.24) is 15.3 Å². The van der Waals surface area contributed by atoms with E-state index >= 15 is 0 Å². The molecule has 0 spiro atoms. The number of hydrogen-bond acceptors (Lipinski definition) is 3. The molecule has 0 aromatic carbocycles. The lowest BCUT2D eigenvalue weighted by Gasteiger charge is -2.32. The molecule has 0 aromatic heterocycles. The summed E-state index contributed by atoms with van der Waals surface area (Å²) in [5, 5.41) is 2.30. The standard InChI is InChI=1S/C9H19N3/c1-3-4-5-10-12-8-6-11(2)7-9-12/h3,10H,1,4-9H2,2H3. The maximum absolute atomic E-state index is 3.69. The van der Waals surface area contributed by atoms with Gasteiger partial charge >= 0.3 is 0 Å². The van der Waals surface area contributed by atoms with Crippen LogP contribution >= 0.6 is 0 Å². The van der Waals surface area contributed by atoms with Crippen LogP contribution in [0.4, 0.5) is 0 Å². The summed E-state index contributed by atoms with van der Waals surface area (Å²) >= 11 is 0. The summed E-state index contributed by atoms with van der Waals surface area (Å²) in [6, 6.07) is 0. The first-order valence-corrected chi connectivity index (χ1v) is 4.61. The van der Waals surface area contributed by atoms with Crippen LogP contribution in [0.15, 0.2) is 12.7 Å². The number of piperazine rings is 1. The van der Waals surface area contributed by atoms with Gasteiger partial charge in [-0.3, -0.25) is 5.43 Å². The average Bonchev–Trinajstić information content (AvgIpc) is 2.09. The SMILES string of the molecule is C=CCCNN1CCN(C)CC1. The molecule has 0 bridgehead atoms. The molecular formula is C9H19N3. The molecule has 3 heteroatoms. The minimum Gasteiger partial charge on any atom is -0.304 e. The third-order valence-corrected chi connectivity index (χ3v) is 2.19. The Morgan fingerprint density at radius 2 is 2.00 bits per heavy atom. The second kappa shape index (κ2) is 5.30. The molecule has 1 N–H and O–H groups in total. The van der Waals surface area contributed by atoms with Gasteiger partial charge < -0.3 is 4.90 Å². The third kappa shape index (κ3) is 3.34. The van der Waals surface area contributed by atoms with Gasteiger partial charge in [0.1, 0.15) is 0 Å². The highest BCUT2D eigenvalue weighted by Crippen LogP contribution is 1.94. The summed E-state index contributed by atoms with van der Waals surface area (Å²) < 4.78 is 0. The van der Waals surface area contributed by atoms with E-state index in [4.69, 9.17) is 0 Å². The molecule has 0 saturated carbocycles. The summed E-state index contributed by atoms with van der Waals surface area (Å²) in [6.07, 6.45) is 3.00. The van der Waals surface area contributed by atoms with Crippen molar-refractivity contribution < 1.29 is 0 Å². The predicted molar refractivity (Wildman–Crippen MR) is 51.9 cm³/mol. The number of hydrazine groups is 1. The summed E-state index contributed by atoms with van der Waals surface area (Å²) in [6.45, 7) is 9.31. The van der Waals surface area contributed by atoms with Gasteiger partial charge in [0.05, 0.1) is 0 Å². The number of rotatable bonds is 4. The van der Waals surface area contributed by atoms with Crippen LogP contribution in [-0.4, -0.2) is 49.7 Å². The molecule has 0 aromatic rings. The molecule has 0 amide bonds. The maximum Gasteiger partial charge on any atom is 0.0259 e. The molecule has 0 atom stereocenters. The molecule has 0 radical (unpaired) electrons. The Hall–Kier alpha value is -0.380. The minimum absolute atomic E-state index is 1.02. The summed E-state index contributed by atoms with van der Waals surface area (Å²) in [5.74, 6) is 0. The molecule has 1 aliphatic heterocycles. The molecule has 1 aliphatic rings. The van der Waals surface area contributed by atoms with Gasteiger partial charge in [0.25, 0.3) is 0 Å². The predicted octanol–water partition coefficient (Wildman–Crippen LogP) is 0.315. The van der Waals surface area contributed by atoms with Crippen molar-refractivity contribution in [2.45, 2.75) is 6.42 Å². The summed E-state index contributed by atoms with van der Waals surface area (Å²) in [7, 11) is 2.17. The van der Waals surface area contributed by atoms with Gasteiger partial charge in [-0.05, 0) is 13.5 Å². The topological polar surface area (TPSA) is 18.5 Å². The summed E-state index contributed by atoms with van der Waals surface area (Å²) in [4.78, 5) is 2.35. The first-order chi connectivity index (χ1) is 5.83. The van der Waals surface area contributed by atoms with E-state index in [1.54, 1.807) is 0 Å². The average molecular weight is 169 g/mol. The number of nitrogens with one attached hydrogen (secondary N) is 1. The molecule has 1 saturated heterocycles. The molecule has 1 fully saturated rings. The fraction of sp³-hybridized carbons (Fsp3) is 0.778. The van der Waals surface area contributed by atoms with Gasteiger partial charge in [0, 0.05) is 32.7 Å². The zero-order chi connectivity index (χ0) is 8.81. The largest absolute Gasteiger partial charge is 0.304 e. The van der Waals surface area contributed by atoms with E-state index in [2.05, 4.69) is 29.0 Å². The first kappa shape index (κ1) is 9.71. The van der Waals surface area contributed by atoms with Gasteiger partial charge in [0.2, 0.25) is 0 Å². The normalized spacial score (nSPS) is 21.1. The molecule has 70 valence electrons. The second-order valence-corrected chi connectivity index (χ2v) is 3.28. The zero-order valence-corrected chi connectivity index (χ0v) is 7.92. The quantitative estimate of drug-likeness (QED) is 0.483. The Kier molecular flexibility index (Phi) is 4.29. The van der Waals surface area contributed by atoms with E-state index < -0.39 is 0 Å². The van der Waals surface area contributed by atoms with Crippen molar-refractivity contribution in [3.8, 4) is 0 Å². The Morgan fingerprint density at radius 3 is 2.58 bits per heavy atom. The van der Waals surface area contributed by atoms with Crippen LogP contribution in [0.3, 0.4) is 0 Å². The van der Waals surface area contributed by atoms with Crippen LogP contribution in [-0.2, 0) is 0 Å². The fourth-order valence-corrected chi connectivity index (χ4v) is 1.29. The molecule has 0 aliphatic carbocycles. The van der Waals surface area contributed by atoms with Crippen LogP contribution in [0.5, 0.6) is 0 Å². The van der Waals surface area contributed by atoms with Crippen molar-refractivity contribution in [2.75, 3.05) is 39.8 Å². The van der Waals surface area contributed by atoms with Gasteiger partial charge in [-0.2, -0.15) is 0 Å². The Morgan fingerprint density at radius 1 is 1.33 bits per heavy atom. The van der Waals surface area contributed by atoms with Crippen molar-refractivity contribution in [1.29, 1.82) is 0 Å². The molecule has 1 heterocycles. The van der Waals surface area contributed by atoms with Crippen LogP contribution in [0.25, 0.3) is 0 Å². The smallest absolute Gasteiger partial charge is 0.0259 e. The Bertz CT molecular complexity index is 128. The molecule has 0 unspecified atom stereocenters. The fourth-order valence-electron chi connectivity index (χ4n) is 1.29. The van der Waals surface area contributed by atoms with Crippen molar-refractivity contribution in [3.05, 3.63) is 12.7 Å². The van der Waals surface area contributed by atoms with Crippen LogP contribution < -0.4 is 5.43 Å². The lowest BCUT2D eigenvalue weighted by molar-refractivity contribution is 0.106. The zero-order valence-electron chi connectivity index (χ0n) is 7.92. The third-order valence-electron chi connectivity index (χ3n) is 2.19. The van der Waals surface area contributed by atoms with Gasteiger partial charge in [-0.25, -0.2) is 5.01 Å².